The molecule has 0 N–H and O–H groups in total. The molecule has 1 aliphatic heterocycles. The number of ether oxygens (including phenoxy) is 1. The first-order valence-electron chi connectivity index (χ1n) is 7.43. The fourth-order valence-corrected chi connectivity index (χ4v) is 5.25. The second-order valence-corrected chi connectivity index (χ2v) is 8.70. The molecule has 1 atom stereocenters. The van der Waals surface area contributed by atoms with E-state index in [0.29, 0.717) is 22.1 Å². The van der Waals surface area contributed by atoms with Crippen LogP contribution in [0.4, 0.5) is 4.39 Å². The molecule has 3 rings (SSSR count). The van der Waals surface area contributed by atoms with Crippen LogP contribution in [0.1, 0.15) is 18.4 Å². The maximum absolute atomic E-state index is 13.6. The van der Waals surface area contributed by atoms with Crippen molar-refractivity contribution < 1.29 is 17.5 Å². The number of sulfonamides is 1. The minimum Gasteiger partial charge on any atom is -0.489 e. The molecule has 1 saturated heterocycles. The van der Waals surface area contributed by atoms with Crippen molar-refractivity contribution in [3.05, 3.63) is 47.1 Å². The van der Waals surface area contributed by atoms with Crippen LogP contribution in [-0.2, 0) is 10.0 Å². The quantitative estimate of drug-likeness (QED) is 0.844. The van der Waals surface area contributed by atoms with E-state index < -0.39 is 10.0 Å². The van der Waals surface area contributed by atoms with E-state index in [-0.39, 0.29) is 18.5 Å². The lowest BCUT2D eigenvalue weighted by Gasteiger charge is -2.31. The van der Waals surface area contributed by atoms with Gasteiger partial charge in [-0.3, -0.25) is 0 Å². The molecule has 0 saturated carbocycles. The first-order valence-corrected chi connectivity index (χ1v) is 9.75. The fourth-order valence-electron chi connectivity index (χ4n) is 2.60. The highest BCUT2D eigenvalue weighted by atomic mass is 32.2. The topological polar surface area (TPSA) is 46.6 Å². The number of piperidine rings is 1. The van der Waals surface area contributed by atoms with Gasteiger partial charge in [0.1, 0.15) is 21.9 Å². The van der Waals surface area contributed by atoms with Crippen LogP contribution in [0.15, 0.2) is 39.9 Å². The van der Waals surface area contributed by atoms with Crippen LogP contribution in [-0.4, -0.2) is 31.9 Å². The zero-order chi connectivity index (χ0) is 16.4. The first-order chi connectivity index (χ1) is 11.0. The molecule has 0 aliphatic carbocycles. The molecular weight excluding hydrogens is 337 g/mol. The third-order valence-corrected chi connectivity index (χ3v) is 7.11. The molecule has 1 aliphatic rings. The molecule has 124 valence electrons. The lowest BCUT2D eigenvalue weighted by atomic mass is 10.1. The van der Waals surface area contributed by atoms with Crippen LogP contribution >= 0.6 is 11.3 Å². The van der Waals surface area contributed by atoms with E-state index in [2.05, 4.69) is 0 Å². The lowest BCUT2D eigenvalue weighted by molar-refractivity contribution is 0.129. The smallest absolute Gasteiger partial charge is 0.252 e. The van der Waals surface area contributed by atoms with E-state index in [1.165, 1.54) is 21.7 Å². The summed E-state index contributed by atoms with van der Waals surface area (Å²) in [4.78, 5) is 0. The summed E-state index contributed by atoms with van der Waals surface area (Å²) in [6, 6.07) is 8.06. The van der Waals surface area contributed by atoms with Crippen molar-refractivity contribution in [2.45, 2.75) is 30.1 Å². The average molecular weight is 355 g/mol. The van der Waals surface area contributed by atoms with Gasteiger partial charge in [-0.05, 0) is 42.8 Å². The summed E-state index contributed by atoms with van der Waals surface area (Å²) in [6.45, 7) is 2.47. The van der Waals surface area contributed by atoms with E-state index in [1.54, 1.807) is 36.6 Å². The Kier molecular flexibility index (Phi) is 4.70. The third kappa shape index (κ3) is 3.57. The predicted molar refractivity (Wildman–Crippen MR) is 87.9 cm³/mol. The molecule has 2 aromatic rings. The van der Waals surface area contributed by atoms with Gasteiger partial charge >= 0.3 is 0 Å². The van der Waals surface area contributed by atoms with Crippen molar-refractivity contribution in [1.29, 1.82) is 0 Å². The average Bonchev–Trinajstić information content (AvgIpc) is 3.06. The molecule has 23 heavy (non-hydrogen) atoms. The molecule has 7 heteroatoms. The monoisotopic (exact) mass is 355 g/mol. The molecule has 0 spiro atoms. The van der Waals surface area contributed by atoms with Gasteiger partial charge < -0.3 is 4.74 Å². The Balaban J connectivity index is 1.72. The van der Waals surface area contributed by atoms with E-state index in [0.717, 1.165) is 12.8 Å². The number of benzene rings is 1. The molecule has 1 unspecified atom stereocenters. The van der Waals surface area contributed by atoms with Gasteiger partial charge in [-0.2, -0.15) is 4.31 Å². The van der Waals surface area contributed by atoms with Gasteiger partial charge in [0.25, 0.3) is 10.0 Å². The van der Waals surface area contributed by atoms with Crippen LogP contribution < -0.4 is 4.74 Å². The summed E-state index contributed by atoms with van der Waals surface area (Å²) >= 11 is 1.21. The number of hydrogen-bond acceptors (Lipinski definition) is 4. The SMILES string of the molecule is Cc1ccc(OC2CCCN(S(=O)(=O)c3cccs3)C2)cc1F. The van der Waals surface area contributed by atoms with E-state index in [1.807, 2.05) is 0 Å². The minimum absolute atomic E-state index is 0.263. The van der Waals surface area contributed by atoms with Gasteiger partial charge in [-0.25, -0.2) is 12.8 Å². The zero-order valence-corrected chi connectivity index (χ0v) is 14.4. The van der Waals surface area contributed by atoms with Crippen LogP contribution in [0.25, 0.3) is 0 Å². The number of halogens is 1. The van der Waals surface area contributed by atoms with Crippen LogP contribution in [0.2, 0.25) is 0 Å². The standard InChI is InChI=1S/C16H18FNO3S2/c1-12-6-7-13(10-15(12)17)21-14-4-2-8-18(11-14)23(19,20)16-5-3-9-22-16/h3,5-7,9-10,14H,2,4,8,11H2,1H3. The Labute approximate surface area is 139 Å². The number of hydrogen-bond donors (Lipinski definition) is 0. The Bertz CT molecular complexity index is 775. The Morgan fingerprint density at radius 1 is 1.35 bits per heavy atom. The maximum Gasteiger partial charge on any atom is 0.252 e. The third-order valence-electron chi connectivity index (χ3n) is 3.88. The Morgan fingerprint density at radius 3 is 2.87 bits per heavy atom. The summed E-state index contributed by atoms with van der Waals surface area (Å²) in [7, 11) is -3.46. The number of nitrogens with zero attached hydrogens (tertiary/aromatic N) is 1. The van der Waals surface area contributed by atoms with E-state index in [4.69, 9.17) is 4.74 Å². The normalized spacial score (nSPS) is 19.7. The van der Waals surface area contributed by atoms with Crippen molar-refractivity contribution in [3.8, 4) is 5.75 Å². The summed E-state index contributed by atoms with van der Waals surface area (Å²) in [5.74, 6) is 0.120. The highest BCUT2D eigenvalue weighted by molar-refractivity contribution is 7.91. The van der Waals surface area contributed by atoms with Crippen LogP contribution in [0, 0.1) is 12.7 Å². The maximum atomic E-state index is 13.6. The summed E-state index contributed by atoms with van der Waals surface area (Å²) in [6.07, 6.45) is 1.22. The van der Waals surface area contributed by atoms with Crippen molar-refractivity contribution in [2.75, 3.05) is 13.1 Å². The molecule has 1 fully saturated rings. The number of thiophene rings is 1. The van der Waals surface area contributed by atoms with Crippen molar-refractivity contribution in [2.24, 2.45) is 0 Å². The summed E-state index contributed by atoms with van der Waals surface area (Å²) < 4.78 is 46.3. The summed E-state index contributed by atoms with van der Waals surface area (Å²) in [5.41, 5.74) is 0.558. The van der Waals surface area contributed by atoms with Gasteiger partial charge in [0.15, 0.2) is 0 Å². The minimum atomic E-state index is -3.46. The molecule has 1 aromatic carbocycles. The largest absolute Gasteiger partial charge is 0.489 e. The van der Waals surface area contributed by atoms with Gasteiger partial charge in [0.2, 0.25) is 0 Å². The summed E-state index contributed by atoms with van der Waals surface area (Å²) in [5, 5.41) is 1.75. The highest BCUT2D eigenvalue weighted by Gasteiger charge is 2.31. The molecule has 1 aromatic heterocycles. The zero-order valence-electron chi connectivity index (χ0n) is 12.7. The van der Waals surface area contributed by atoms with Gasteiger partial charge in [-0.15, -0.1) is 11.3 Å². The number of rotatable bonds is 4. The van der Waals surface area contributed by atoms with Crippen molar-refractivity contribution >= 4 is 21.4 Å². The highest BCUT2D eigenvalue weighted by Crippen LogP contribution is 2.26. The predicted octanol–water partition coefficient (Wildman–Crippen LogP) is 3.43. The molecule has 4 nitrogen and oxygen atoms in total. The van der Waals surface area contributed by atoms with Gasteiger partial charge in [0, 0.05) is 12.6 Å². The Hall–Kier alpha value is -1.44. The van der Waals surface area contributed by atoms with Crippen LogP contribution in [0.3, 0.4) is 0 Å². The van der Waals surface area contributed by atoms with Crippen LogP contribution in [0.5, 0.6) is 5.75 Å². The molecule has 2 heterocycles. The van der Waals surface area contributed by atoms with E-state index >= 15 is 0 Å². The van der Waals surface area contributed by atoms with Crippen molar-refractivity contribution in [1.82, 2.24) is 4.31 Å². The number of aryl methyl sites for hydroxylation is 1. The van der Waals surface area contributed by atoms with Crippen molar-refractivity contribution in [3.63, 3.8) is 0 Å². The second kappa shape index (κ2) is 6.59. The van der Waals surface area contributed by atoms with Gasteiger partial charge in [-0.1, -0.05) is 12.1 Å². The second-order valence-electron chi connectivity index (χ2n) is 5.59. The van der Waals surface area contributed by atoms with Gasteiger partial charge in [0.05, 0.1) is 6.54 Å². The molecular formula is C16H18FNO3S2. The Morgan fingerprint density at radius 2 is 2.17 bits per heavy atom. The lowest BCUT2D eigenvalue weighted by Crippen LogP contribution is -2.44. The molecule has 0 bridgehead atoms. The molecule has 0 radical (unpaired) electrons. The molecule has 0 amide bonds. The fraction of sp³-hybridized carbons (Fsp3) is 0.375. The first kappa shape index (κ1) is 16.4. The van der Waals surface area contributed by atoms with E-state index in [9.17, 15) is 12.8 Å².